The number of nitrogens with zero attached hydrogens (tertiary/aromatic N) is 2. The Hall–Kier alpha value is -1.85. The summed E-state index contributed by atoms with van der Waals surface area (Å²) in [5.41, 5.74) is -0.655. The number of likely N-dealkylation sites (N-methyl/N-ethyl adjacent to an activating group) is 1. The molecule has 0 saturated heterocycles. The Morgan fingerprint density at radius 2 is 1.85 bits per heavy atom. The quantitative estimate of drug-likeness (QED) is 0.797. The van der Waals surface area contributed by atoms with Crippen LogP contribution in [0.15, 0.2) is 4.52 Å². The van der Waals surface area contributed by atoms with E-state index in [1.165, 1.54) is 11.9 Å². The number of aryl methyl sites for hydroxylation is 2. The van der Waals surface area contributed by atoms with Gasteiger partial charge in [0.25, 0.3) is 0 Å². The van der Waals surface area contributed by atoms with E-state index in [0.29, 0.717) is 23.3 Å². The number of rotatable bonds is 3. The number of hydrogen-bond donors (Lipinski definition) is 0. The molecule has 0 saturated carbocycles. The lowest BCUT2D eigenvalue weighted by Crippen LogP contribution is -2.48. The second-order valence-electron chi connectivity index (χ2n) is 6.00. The van der Waals surface area contributed by atoms with Crippen molar-refractivity contribution >= 4 is 12.4 Å². The molecule has 0 N–H and O–H groups in total. The highest BCUT2D eigenvalue weighted by Gasteiger charge is 2.40. The predicted molar refractivity (Wildman–Crippen MR) is 73.4 cm³/mol. The number of carbonyl (C=O) groups excluding carboxylic acids is 2. The van der Waals surface area contributed by atoms with Gasteiger partial charge in [-0.15, -0.1) is 0 Å². The number of ether oxygens (including phenoxy) is 1. The summed E-state index contributed by atoms with van der Waals surface area (Å²) >= 11 is 0. The Labute approximate surface area is 119 Å². The summed E-state index contributed by atoms with van der Waals surface area (Å²) in [5.74, 6) is 0.507. The van der Waals surface area contributed by atoms with Gasteiger partial charge < -0.3 is 14.1 Å². The van der Waals surface area contributed by atoms with Crippen LogP contribution in [0.5, 0.6) is 0 Å². The van der Waals surface area contributed by atoms with Crippen LogP contribution < -0.4 is 0 Å². The Kier molecular flexibility index (Phi) is 4.27. The molecule has 0 aliphatic carbocycles. The Bertz CT molecular complexity index is 496. The monoisotopic (exact) mass is 282 g/mol. The Morgan fingerprint density at radius 3 is 2.20 bits per heavy atom. The van der Waals surface area contributed by atoms with E-state index in [1.54, 1.807) is 41.5 Å². The van der Waals surface area contributed by atoms with Gasteiger partial charge >= 0.3 is 6.09 Å². The molecule has 6 heteroatoms. The first-order chi connectivity index (χ1) is 9.03. The topological polar surface area (TPSA) is 72.6 Å². The van der Waals surface area contributed by atoms with Crippen molar-refractivity contribution in [3.63, 3.8) is 0 Å². The maximum Gasteiger partial charge on any atom is 0.411 e. The maximum atomic E-state index is 12.2. The van der Waals surface area contributed by atoms with Crippen LogP contribution >= 0.6 is 0 Å². The van der Waals surface area contributed by atoms with Gasteiger partial charge in [0.1, 0.15) is 23.2 Å². The van der Waals surface area contributed by atoms with Gasteiger partial charge in [-0.3, -0.25) is 4.90 Å². The molecule has 1 unspecified atom stereocenters. The first-order valence-electron chi connectivity index (χ1n) is 6.39. The minimum atomic E-state index is -1.18. The van der Waals surface area contributed by atoms with Crippen molar-refractivity contribution < 1.29 is 18.8 Å². The molecule has 1 heterocycles. The highest BCUT2D eigenvalue weighted by molar-refractivity contribution is 5.78. The molecule has 0 radical (unpaired) electrons. The third-order valence-electron chi connectivity index (χ3n) is 3.13. The van der Waals surface area contributed by atoms with Crippen molar-refractivity contribution in [2.24, 2.45) is 0 Å². The minimum Gasteiger partial charge on any atom is -0.444 e. The van der Waals surface area contributed by atoms with Gasteiger partial charge in [0, 0.05) is 7.05 Å². The van der Waals surface area contributed by atoms with Crippen LogP contribution in [0.3, 0.4) is 0 Å². The Morgan fingerprint density at radius 1 is 1.30 bits per heavy atom. The summed E-state index contributed by atoms with van der Waals surface area (Å²) in [6.07, 6.45) is 0.121. The lowest BCUT2D eigenvalue weighted by molar-refractivity contribution is -0.117. The molecule has 0 bridgehead atoms. The van der Waals surface area contributed by atoms with Crippen molar-refractivity contribution in [3.8, 4) is 0 Å². The third kappa shape index (κ3) is 3.00. The molecule has 0 fully saturated rings. The standard InChI is InChI=1S/C14H22N2O4/c1-9-11(10(2)20-15-9)14(6,8-17)16(7)12(18)19-13(3,4)5/h8H,1-7H3. The largest absolute Gasteiger partial charge is 0.444 e. The summed E-state index contributed by atoms with van der Waals surface area (Å²) < 4.78 is 10.4. The van der Waals surface area contributed by atoms with E-state index in [1.807, 2.05) is 0 Å². The molecule has 1 atom stereocenters. The van der Waals surface area contributed by atoms with Crippen LogP contribution in [0, 0.1) is 13.8 Å². The van der Waals surface area contributed by atoms with E-state index in [4.69, 9.17) is 9.26 Å². The number of amides is 1. The van der Waals surface area contributed by atoms with Crippen LogP contribution in [0.1, 0.15) is 44.7 Å². The van der Waals surface area contributed by atoms with E-state index < -0.39 is 17.2 Å². The molecule has 1 aromatic rings. The lowest BCUT2D eigenvalue weighted by Gasteiger charge is -2.35. The molecule has 1 amide bonds. The average Bonchev–Trinajstić information content (AvgIpc) is 2.65. The van der Waals surface area contributed by atoms with Gasteiger partial charge in [0.2, 0.25) is 0 Å². The molecule has 1 rings (SSSR count). The van der Waals surface area contributed by atoms with E-state index in [9.17, 15) is 9.59 Å². The first kappa shape index (κ1) is 16.2. The van der Waals surface area contributed by atoms with Crippen LogP contribution in [-0.2, 0) is 15.1 Å². The summed E-state index contributed by atoms with van der Waals surface area (Å²) in [6.45, 7) is 10.4. The van der Waals surface area contributed by atoms with E-state index in [2.05, 4.69) is 5.16 Å². The molecule has 6 nitrogen and oxygen atoms in total. The fourth-order valence-corrected chi connectivity index (χ4v) is 2.03. The van der Waals surface area contributed by atoms with Crippen LogP contribution in [-0.4, -0.2) is 35.1 Å². The zero-order chi connectivity index (χ0) is 15.7. The van der Waals surface area contributed by atoms with Gasteiger partial charge in [-0.1, -0.05) is 5.16 Å². The van der Waals surface area contributed by atoms with Crippen LogP contribution in [0.25, 0.3) is 0 Å². The number of aldehydes is 1. The van der Waals surface area contributed by atoms with Gasteiger partial charge in [-0.25, -0.2) is 4.79 Å². The van der Waals surface area contributed by atoms with E-state index >= 15 is 0 Å². The number of carbonyl (C=O) groups is 2. The molecule has 0 aliphatic rings. The summed E-state index contributed by atoms with van der Waals surface area (Å²) in [6, 6.07) is 0. The predicted octanol–water partition coefficient (Wildman–Crippen LogP) is 2.57. The van der Waals surface area contributed by atoms with Crippen LogP contribution in [0.4, 0.5) is 4.79 Å². The minimum absolute atomic E-state index is 0.507. The fraction of sp³-hybridized carbons (Fsp3) is 0.643. The molecule has 0 aromatic carbocycles. The lowest BCUT2D eigenvalue weighted by atomic mass is 9.90. The van der Waals surface area contributed by atoms with Crippen molar-refractivity contribution in [2.45, 2.75) is 52.7 Å². The molecule has 0 aliphatic heterocycles. The smallest absolute Gasteiger partial charge is 0.411 e. The molecule has 1 aromatic heterocycles. The van der Waals surface area contributed by atoms with E-state index in [0.717, 1.165) is 0 Å². The molecule has 0 spiro atoms. The van der Waals surface area contributed by atoms with Crippen molar-refractivity contribution in [3.05, 3.63) is 17.0 Å². The summed E-state index contributed by atoms with van der Waals surface area (Å²) in [7, 11) is 1.52. The highest BCUT2D eigenvalue weighted by Crippen LogP contribution is 2.31. The number of hydrogen-bond acceptors (Lipinski definition) is 5. The molecule has 112 valence electrons. The van der Waals surface area contributed by atoms with Gasteiger partial charge in [-0.2, -0.15) is 0 Å². The molecule has 20 heavy (non-hydrogen) atoms. The van der Waals surface area contributed by atoms with Crippen molar-refractivity contribution in [2.75, 3.05) is 7.05 Å². The zero-order valence-electron chi connectivity index (χ0n) is 13.1. The van der Waals surface area contributed by atoms with Crippen LogP contribution in [0.2, 0.25) is 0 Å². The van der Waals surface area contributed by atoms with Crippen molar-refractivity contribution in [1.82, 2.24) is 10.1 Å². The first-order valence-corrected chi connectivity index (χ1v) is 6.39. The highest BCUT2D eigenvalue weighted by atomic mass is 16.6. The maximum absolute atomic E-state index is 12.2. The van der Waals surface area contributed by atoms with Gasteiger partial charge in [-0.05, 0) is 41.5 Å². The summed E-state index contributed by atoms with van der Waals surface area (Å²) in [4.78, 5) is 25.1. The third-order valence-corrected chi connectivity index (χ3v) is 3.13. The average molecular weight is 282 g/mol. The normalized spacial score (nSPS) is 14.6. The zero-order valence-corrected chi connectivity index (χ0v) is 13.1. The molecular formula is C14H22N2O4. The Balaban J connectivity index is 3.18. The van der Waals surface area contributed by atoms with Gasteiger partial charge in [0.05, 0.1) is 11.3 Å². The van der Waals surface area contributed by atoms with E-state index in [-0.39, 0.29) is 0 Å². The second-order valence-corrected chi connectivity index (χ2v) is 6.00. The SMILES string of the molecule is Cc1noc(C)c1C(C)(C=O)N(C)C(=O)OC(C)(C)C. The van der Waals surface area contributed by atoms with Gasteiger partial charge in [0.15, 0.2) is 0 Å². The fourth-order valence-electron chi connectivity index (χ4n) is 2.03. The van der Waals surface area contributed by atoms with Crippen molar-refractivity contribution in [1.29, 1.82) is 0 Å². The summed E-state index contributed by atoms with van der Waals surface area (Å²) in [5, 5.41) is 3.83. The number of aromatic nitrogens is 1. The molecular weight excluding hydrogens is 260 g/mol. The second kappa shape index (κ2) is 5.26.